The lowest BCUT2D eigenvalue weighted by atomic mass is 10.0. The van der Waals surface area contributed by atoms with Crippen LogP contribution in [0.15, 0.2) is 22.0 Å². The maximum atomic E-state index is 4.12. The SMILES string of the molecule is C[C@H]1CC(NCCc2nncn2C)c2ccsc2S1. The van der Waals surface area contributed by atoms with E-state index in [2.05, 4.69) is 33.9 Å². The van der Waals surface area contributed by atoms with Gasteiger partial charge in [0.05, 0.1) is 4.21 Å². The summed E-state index contributed by atoms with van der Waals surface area (Å²) in [4.78, 5) is 0. The van der Waals surface area contributed by atoms with Gasteiger partial charge < -0.3 is 9.88 Å². The lowest BCUT2D eigenvalue weighted by Gasteiger charge is -2.27. The summed E-state index contributed by atoms with van der Waals surface area (Å²) in [5.41, 5.74) is 1.48. The number of thiophene rings is 1. The van der Waals surface area contributed by atoms with E-state index in [0.29, 0.717) is 11.3 Å². The van der Waals surface area contributed by atoms with E-state index in [-0.39, 0.29) is 0 Å². The highest BCUT2D eigenvalue weighted by Gasteiger charge is 2.25. The van der Waals surface area contributed by atoms with Crippen molar-refractivity contribution in [2.75, 3.05) is 6.54 Å². The van der Waals surface area contributed by atoms with Gasteiger partial charge in [-0.05, 0) is 23.4 Å². The molecule has 2 atom stereocenters. The standard InChI is InChI=1S/C13H18N4S2/c1-9-7-11(10-4-6-18-13(10)19-9)14-5-3-12-16-15-8-17(12)2/h4,6,8-9,11,14H,3,5,7H2,1-2H3/t9-,11?/m0/s1. The minimum Gasteiger partial charge on any atom is -0.321 e. The molecule has 1 aliphatic heterocycles. The second kappa shape index (κ2) is 5.64. The Bertz CT molecular complexity index is 548. The molecule has 0 bridgehead atoms. The van der Waals surface area contributed by atoms with Gasteiger partial charge in [0.25, 0.3) is 0 Å². The van der Waals surface area contributed by atoms with Gasteiger partial charge in [0.2, 0.25) is 0 Å². The maximum Gasteiger partial charge on any atom is 0.133 e. The van der Waals surface area contributed by atoms with Crippen molar-refractivity contribution in [1.82, 2.24) is 20.1 Å². The number of nitrogens with zero attached hydrogens (tertiary/aromatic N) is 3. The molecule has 1 N–H and O–H groups in total. The zero-order chi connectivity index (χ0) is 13.2. The normalized spacial score (nSPS) is 22.4. The monoisotopic (exact) mass is 294 g/mol. The van der Waals surface area contributed by atoms with Crippen LogP contribution >= 0.6 is 23.1 Å². The van der Waals surface area contributed by atoms with Crippen LogP contribution in [0.1, 0.15) is 30.8 Å². The highest BCUT2D eigenvalue weighted by Crippen LogP contribution is 2.43. The van der Waals surface area contributed by atoms with Crippen LogP contribution in [0.3, 0.4) is 0 Å². The van der Waals surface area contributed by atoms with Crippen molar-refractivity contribution in [1.29, 1.82) is 0 Å². The van der Waals surface area contributed by atoms with E-state index in [0.717, 1.165) is 18.8 Å². The molecule has 0 spiro atoms. The lowest BCUT2D eigenvalue weighted by molar-refractivity contribution is 0.487. The van der Waals surface area contributed by atoms with Crippen molar-refractivity contribution in [2.45, 2.75) is 35.3 Å². The molecule has 19 heavy (non-hydrogen) atoms. The van der Waals surface area contributed by atoms with Crippen LogP contribution in [0, 0.1) is 0 Å². The van der Waals surface area contributed by atoms with E-state index < -0.39 is 0 Å². The van der Waals surface area contributed by atoms with Crippen molar-refractivity contribution in [3.63, 3.8) is 0 Å². The summed E-state index contributed by atoms with van der Waals surface area (Å²) in [5.74, 6) is 1.04. The fourth-order valence-corrected chi connectivity index (χ4v) is 5.00. The van der Waals surface area contributed by atoms with Gasteiger partial charge in [-0.25, -0.2) is 0 Å². The zero-order valence-electron chi connectivity index (χ0n) is 11.2. The number of nitrogens with one attached hydrogen (secondary N) is 1. The first-order chi connectivity index (χ1) is 9.24. The van der Waals surface area contributed by atoms with Crippen LogP contribution in [0.2, 0.25) is 0 Å². The minimum atomic E-state index is 0.491. The van der Waals surface area contributed by atoms with E-state index in [1.807, 2.05) is 34.7 Å². The van der Waals surface area contributed by atoms with E-state index in [1.165, 1.54) is 16.2 Å². The molecule has 0 radical (unpaired) electrons. The van der Waals surface area contributed by atoms with Crippen molar-refractivity contribution >= 4 is 23.1 Å². The molecule has 1 aliphatic rings. The van der Waals surface area contributed by atoms with Crippen molar-refractivity contribution in [3.05, 3.63) is 29.2 Å². The Kier molecular flexibility index (Phi) is 3.91. The van der Waals surface area contributed by atoms with Gasteiger partial charge in [-0.2, -0.15) is 0 Å². The number of fused-ring (bicyclic) bond motifs is 1. The molecule has 0 fully saturated rings. The van der Waals surface area contributed by atoms with Crippen LogP contribution in [-0.4, -0.2) is 26.6 Å². The third kappa shape index (κ3) is 2.85. The van der Waals surface area contributed by atoms with Gasteiger partial charge in [-0.1, -0.05) is 6.92 Å². The second-order valence-corrected chi connectivity index (χ2v) is 7.57. The van der Waals surface area contributed by atoms with Gasteiger partial charge in [0, 0.05) is 31.3 Å². The summed E-state index contributed by atoms with van der Waals surface area (Å²) in [6, 6.07) is 2.75. The van der Waals surface area contributed by atoms with Crippen LogP contribution in [-0.2, 0) is 13.5 Å². The third-order valence-electron chi connectivity index (χ3n) is 3.45. The number of rotatable bonds is 4. The Hall–Kier alpha value is -0.850. The van der Waals surface area contributed by atoms with Gasteiger partial charge in [0.15, 0.2) is 0 Å². The first-order valence-electron chi connectivity index (χ1n) is 6.54. The molecule has 0 amide bonds. The minimum absolute atomic E-state index is 0.491. The molecule has 0 saturated carbocycles. The molecule has 2 aromatic rings. The van der Waals surface area contributed by atoms with Gasteiger partial charge in [0.1, 0.15) is 12.2 Å². The molecule has 102 valence electrons. The predicted molar refractivity (Wildman–Crippen MR) is 79.7 cm³/mol. The van der Waals surface area contributed by atoms with E-state index in [9.17, 15) is 0 Å². The fourth-order valence-electron chi connectivity index (χ4n) is 2.43. The average Bonchev–Trinajstić information content (AvgIpc) is 2.98. The molecule has 3 heterocycles. The predicted octanol–water partition coefficient (Wildman–Crippen LogP) is 2.63. The number of hydrogen-bond acceptors (Lipinski definition) is 5. The fraction of sp³-hybridized carbons (Fsp3) is 0.538. The summed E-state index contributed by atoms with van der Waals surface area (Å²) < 4.78 is 3.46. The smallest absolute Gasteiger partial charge is 0.133 e. The molecule has 0 aromatic carbocycles. The summed E-state index contributed by atoms with van der Waals surface area (Å²) in [7, 11) is 1.99. The van der Waals surface area contributed by atoms with Gasteiger partial charge in [-0.15, -0.1) is 33.3 Å². The van der Waals surface area contributed by atoms with E-state index in [1.54, 1.807) is 6.33 Å². The summed E-state index contributed by atoms with van der Waals surface area (Å²) in [5, 5.41) is 14.6. The summed E-state index contributed by atoms with van der Waals surface area (Å²) in [6.45, 7) is 3.26. The highest BCUT2D eigenvalue weighted by molar-refractivity contribution is 8.01. The Morgan fingerprint density at radius 3 is 3.21 bits per heavy atom. The van der Waals surface area contributed by atoms with Crippen molar-refractivity contribution in [2.24, 2.45) is 7.05 Å². The van der Waals surface area contributed by atoms with Gasteiger partial charge in [-0.3, -0.25) is 0 Å². The quantitative estimate of drug-likeness (QED) is 0.941. The number of thioether (sulfide) groups is 1. The third-order valence-corrected chi connectivity index (χ3v) is 5.80. The second-order valence-electron chi connectivity index (χ2n) is 4.94. The molecule has 0 aliphatic carbocycles. The molecular weight excluding hydrogens is 276 g/mol. The Balaban J connectivity index is 1.60. The van der Waals surface area contributed by atoms with Gasteiger partial charge >= 0.3 is 0 Å². The zero-order valence-corrected chi connectivity index (χ0v) is 12.8. The van der Waals surface area contributed by atoms with Crippen LogP contribution in [0.25, 0.3) is 0 Å². The molecule has 6 heteroatoms. The molecule has 2 aromatic heterocycles. The van der Waals surface area contributed by atoms with E-state index >= 15 is 0 Å². The molecular formula is C13H18N4S2. The Morgan fingerprint density at radius 1 is 1.53 bits per heavy atom. The summed E-state index contributed by atoms with van der Waals surface area (Å²) in [6.07, 6.45) is 3.88. The molecule has 1 unspecified atom stereocenters. The number of hydrogen-bond donors (Lipinski definition) is 1. The first-order valence-corrected chi connectivity index (χ1v) is 8.30. The summed E-state index contributed by atoms with van der Waals surface area (Å²) >= 11 is 3.87. The maximum absolute atomic E-state index is 4.12. The van der Waals surface area contributed by atoms with Crippen LogP contribution in [0.5, 0.6) is 0 Å². The van der Waals surface area contributed by atoms with Crippen LogP contribution < -0.4 is 5.32 Å². The Morgan fingerprint density at radius 2 is 2.42 bits per heavy atom. The molecule has 3 rings (SSSR count). The van der Waals surface area contributed by atoms with E-state index in [4.69, 9.17) is 0 Å². The largest absolute Gasteiger partial charge is 0.321 e. The first kappa shape index (κ1) is 13.1. The number of aryl methyl sites for hydroxylation is 1. The van der Waals surface area contributed by atoms with Crippen molar-refractivity contribution in [3.8, 4) is 0 Å². The topological polar surface area (TPSA) is 42.7 Å². The van der Waals surface area contributed by atoms with Crippen molar-refractivity contribution < 1.29 is 0 Å². The highest BCUT2D eigenvalue weighted by atomic mass is 32.2. The average molecular weight is 294 g/mol. The molecule has 0 saturated heterocycles. The molecule has 4 nitrogen and oxygen atoms in total. The van der Waals surface area contributed by atoms with Crippen LogP contribution in [0.4, 0.5) is 0 Å². The number of aromatic nitrogens is 3. The lowest BCUT2D eigenvalue weighted by Crippen LogP contribution is -2.28. The Labute approximate surface area is 121 Å².